The van der Waals surface area contributed by atoms with E-state index in [0.717, 1.165) is 19.4 Å². The highest BCUT2D eigenvalue weighted by molar-refractivity contribution is 5.49. The van der Waals surface area contributed by atoms with Crippen LogP contribution in [-0.4, -0.2) is 23.9 Å². The smallest absolute Gasteiger partial charge is 0.312 e. The molecule has 57 valence electrons. The minimum absolute atomic E-state index is 0.456. The Labute approximate surface area is 62.2 Å². The van der Waals surface area contributed by atoms with E-state index in [4.69, 9.17) is 0 Å². The topological polar surface area (TPSA) is 20.3 Å². The first-order chi connectivity index (χ1) is 4.75. The molecule has 0 aromatic heterocycles. The summed E-state index contributed by atoms with van der Waals surface area (Å²) in [7, 11) is 0. The molecule has 1 unspecified atom stereocenters. The molecule has 0 saturated carbocycles. The molecule has 1 heterocycles. The van der Waals surface area contributed by atoms with Crippen molar-refractivity contribution in [3.05, 3.63) is 0 Å². The predicted octanol–water partition coefficient (Wildman–Crippen LogP) is 1.17. The standard InChI is InChI=1S/C8H14NO/c1-7(2)8-4-3-5-9(8)6-10/h7-8H,3-5H2,1-2H3. The Bertz CT molecular complexity index is 122. The second-order valence-electron chi connectivity index (χ2n) is 3.24. The maximum atomic E-state index is 10.3. The van der Waals surface area contributed by atoms with E-state index in [1.165, 1.54) is 0 Å². The fraction of sp³-hybridized carbons (Fsp3) is 0.875. The highest BCUT2D eigenvalue weighted by atomic mass is 16.1. The summed E-state index contributed by atoms with van der Waals surface area (Å²) in [4.78, 5) is 12.1. The monoisotopic (exact) mass is 140 g/mol. The number of nitrogens with zero attached hydrogens (tertiary/aromatic N) is 1. The number of carbonyl (C=O) groups excluding carboxylic acids is 1. The predicted molar refractivity (Wildman–Crippen MR) is 40.3 cm³/mol. The molecule has 2 heteroatoms. The first-order valence-electron chi connectivity index (χ1n) is 3.90. The zero-order valence-corrected chi connectivity index (χ0v) is 6.63. The average molecular weight is 140 g/mol. The highest BCUT2D eigenvalue weighted by Gasteiger charge is 2.25. The van der Waals surface area contributed by atoms with E-state index in [2.05, 4.69) is 13.8 Å². The maximum Gasteiger partial charge on any atom is 0.312 e. The van der Waals surface area contributed by atoms with Gasteiger partial charge in [-0.15, -0.1) is 0 Å². The summed E-state index contributed by atoms with van der Waals surface area (Å²) in [6.07, 6.45) is 4.29. The van der Waals surface area contributed by atoms with Crippen molar-refractivity contribution in [2.75, 3.05) is 6.54 Å². The Morgan fingerprint density at radius 2 is 2.30 bits per heavy atom. The van der Waals surface area contributed by atoms with Gasteiger partial charge >= 0.3 is 6.41 Å². The molecule has 1 saturated heterocycles. The molecule has 1 amide bonds. The van der Waals surface area contributed by atoms with Crippen LogP contribution in [0, 0.1) is 5.92 Å². The minimum Gasteiger partial charge on any atom is -0.331 e. The van der Waals surface area contributed by atoms with Crippen LogP contribution >= 0.6 is 0 Å². The summed E-state index contributed by atoms with van der Waals surface area (Å²) in [5.41, 5.74) is 0. The second-order valence-corrected chi connectivity index (χ2v) is 3.24. The second kappa shape index (κ2) is 3.04. The van der Waals surface area contributed by atoms with Gasteiger partial charge in [0.25, 0.3) is 0 Å². The molecule has 0 N–H and O–H groups in total. The summed E-state index contributed by atoms with van der Waals surface area (Å²) >= 11 is 0. The van der Waals surface area contributed by atoms with Crippen molar-refractivity contribution >= 4 is 6.41 Å². The number of likely N-dealkylation sites (tertiary alicyclic amines) is 1. The normalized spacial score (nSPS) is 25.9. The Balaban J connectivity index is 2.49. The molecule has 0 aromatic carbocycles. The molecule has 0 spiro atoms. The van der Waals surface area contributed by atoms with Gasteiger partial charge < -0.3 is 4.90 Å². The van der Waals surface area contributed by atoms with Gasteiger partial charge in [-0.2, -0.15) is 0 Å². The van der Waals surface area contributed by atoms with Gasteiger partial charge in [0.15, 0.2) is 0 Å². The van der Waals surface area contributed by atoms with Gasteiger partial charge in [-0.25, -0.2) is 0 Å². The molecule has 1 aliphatic heterocycles. The highest BCUT2D eigenvalue weighted by Crippen LogP contribution is 2.21. The van der Waals surface area contributed by atoms with E-state index < -0.39 is 0 Å². The lowest BCUT2D eigenvalue weighted by Gasteiger charge is -2.22. The molecule has 0 aliphatic carbocycles. The summed E-state index contributed by atoms with van der Waals surface area (Å²) in [6, 6.07) is 0.456. The van der Waals surface area contributed by atoms with E-state index in [-0.39, 0.29) is 0 Å². The number of hydrogen-bond acceptors (Lipinski definition) is 1. The van der Waals surface area contributed by atoms with Crippen molar-refractivity contribution < 1.29 is 4.79 Å². The molecular formula is C8H14NO. The van der Waals surface area contributed by atoms with E-state index in [9.17, 15) is 4.79 Å². The molecule has 1 rings (SSSR count). The lowest BCUT2D eigenvalue weighted by Crippen LogP contribution is -2.31. The Morgan fingerprint density at radius 3 is 2.70 bits per heavy atom. The van der Waals surface area contributed by atoms with Crippen molar-refractivity contribution in [1.29, 1.82) is 0 Å². The van der Waals surface area contributed by atoms with E-state index >= 15 is 0 Å². The summed E-state index contributed by atoms with van der Waals surface area (Å²) < 4.78 is 0. The van der Waals surface area contributed by atoms with E-state index in [1.807, 2.05) is 6.41 Å². The van der Waals surface area contributed by atoms with Crippen molar-refractivity contribution in [3.8, 4) is 0 Å². The fourth-order valence-electron chi connectivity index (χ4n) is 1.60. The van der Waals surface area contributed by atoms with Crippen molar-refractivity contribution in [2.45, 2.75) is 32.7 Å². The van der Waals surface area contributed by atoms with Crippen LogP contribution in [0.2, 0.25) is 0 Å². The van der Waals surface area contributed by atoms with Gasteiger partial charge in [0.05, 0.1) is 0 Å². The summed E-state index contributed by atoms with van der Waals surface area (Å²) in [5, 5.41) is 0. The van der Waals surface area contributed by atoms with Gasteiger partial charge in [-0.1, -0.05) is 13.8 Å². The summed E-state index contributed by atoms with van der Waals surface area (Å²) in [6.45, 7) is 5.22. The van der Waals surface area contributed by atoms with Crippen LogP contribution in [0.5, 0.6) is 0 Å². The van der Waals surface area contributed by atoms with Crippen molar-refractivity contribution in [2.24, 2.45) is 5.92 Å². The van der Waals surface area contributed by atoms with Crippen molar-refractivity contribution in [1.82, 2.24) is 4.90 Å². The molecule has 0 bridgehead atoms. The molecule has 10 heavy (non-hydrogen) atoms. The maximum absolute atomic E-state index is 10.3. The SMILES string of the molecule is CC(C)C1CCCN1[C]=O. The Morgan fingerprint density at radius 1 is 1.60 bits per heavy atom. The third-order valence-electron chi connectivity index (χ3n) is 2.19. The first-order valence-corrected chi connectivity index (χ1v) is 3.90. The fourth-order valence-corrected chi connectivity index (χ4v) is 1.60. The lowest BCUT2D eigenvalue weighted by atomic mass is 10.0. The zero-order valence-electron chi connectivity index (χ0n) is 6.63. The van der Waals surface area contributed by atoms with Crippen molar-refractivity contribution in [3.63, 3.8) is 0 Å². The average Bonchev–Trinajstić information content (AvgIpc) is 2.33. The van der Waals surface area contributed by atoms with E-state index in [0.29, 0.717) is 12.0 Å². The van der Waals surface area contributed by atoms with Crippen LogP contribution in [0.25, 0.3) is 0 Å². The van der Waals surface area contributed by atoms with Crippen LogP contribution in [0.3, 0.4) is 0 Å². The van der Waals surface area contributed by atoms with Crippen LogP contribution in [0.1, 0.15) is 26.7 Å². The minimum atomic E-state index is 0.456. The zero-order chi connectivity index (χ0) is 7.56. The molecule has 1 aliphatic rings. The number of amides is 1. The lowest BCUT2D eigenvalue weighted by molar-refractivity contribution is 0.293. The molecular weight excluding hydrogens is 126 g/mol. The van der Waals surface area contributed by atoms with Crippen LogP contribution in [-0.2, 0) is 4.79 Å². The van der Waals surface area contributed by atoms with E-state index in [1.54, 1.807) is 4.90 Å². The van der Waals surface area contributed by atoms with Crippen LogP contribution < -0.4 is 0 Å². The summed E-state index contributed by atoms with van der Waals surface area (Å²) in [5.74, 6) is 0.587. The molecule has 1 radical (unpaired) electrons. The number of rotatable bonds is 2. The number of hydrogen-bond donors (Lipinski definition) is 0. The van der Waals surface area contributed by atoms with Gasteiger partial charge in [-0.05, 0) is 18.8 Å². The quantitative estimate of drug-likeness (QED) is 0.564. The molecule has 0 aromatic rings. The van der Waals surface area contributed by atoms with Gasteiger partial charge in [0.2, 0.25) is 0 Å². The van der Waals surface area contributed by atoms with Gasteiger partial charge in [0, 0.05) is 12.6 Å². The largest absolute Gasteiger partial charge is 0.331 e. The Kier molecular flexibility index (Phi) is 2.30. The third kappa shape index (κ3) is 1.31. The van der Waals surface area contributed by atoms with Crippen LogP contribution in [0.4, 0.5) is 0 Å². The Hall–Kier alpha value is -0.530. The molecule has 2 nitrogen and oxygen atoms in total. The van der Waals surface area contributed by atoms with Gasteiger partial charge in [0.1, 0.15) is 0 Å². The van der Waals surface area contributed by atoms with Crippen LogP contribution in [0.15, 0.2) is 0 Å². The molecule has 1 atom stereocenters. The molecule has 1 fully saturated rings. The third-order valence-corrected chi connectivity index (χ3v) is 2.19. The van der Waals surface area contributed by atoms with Gasteiger partial charge in [-0.3, -0.25) is 4.79 Å². The first kappa shape index (κ1) is 7.58.